The van der Waals surface area contributed by atoms with E-state index >= 15 is 0 Å². The number of nitrogens with zero attached hydrogens (tertiary/aromatic N) is 2. The first-order valence-corrected chi connectivity index (χ1v) is 9.79. The van der Waals surface area contributed by atoms with Gasteiger partial charge in [0.25, 0.3) is 0 Å². The molecule has 0 saturated heterocycles. The Morgan fingerprint density at radius 1 is 1.27 bits per heavy atom. The van der Waals surface area contributed by atoms with Crippen LogP contribution in [0.15, 0.2) is 41.9 Å². The number of amides is 1. The predicted octanol–water partition coefficient (Wildman–Crippen LogP) is 4.01. The Bertz CT molecular complexity index is 880. The Balaban J connectivity index is 1.89. The number of aryl methyl sites for hydroxylation is 1. The van der Waals surface area contributed by atoms with Crippen molar-refractivity contribution in [1.29, 1.82) is 0 Å². The van der Waals surface area contributed by atoms with Gasteiger partial charge < -0.3 is 4.74 Å². The van der Waals surface area contributed by atoms with Crippen LogP contribution in [-0.2, 0) is 17.6 Å². The van der Waals surface area contributed by atoms with E-state index < -0.39 is 0 Å². The number of hydrogen-bond acceptors (Lipinski definition) is 4. The summed E-state index contributed by atoms with van der Waals surface area (Å²) in [6.07, 6.45) is 6.36. The molecule has 0 N–H and O–H groups in total. The molecular formula is C21H22N2O2S. The molecule has 26 heavy (non-hydrogen) atoms. The van der Waals surface area contributed by atoms with Crippen LogP contribution in [0.1, 0.15) is 34.4 Å². The average molecular weight is 366 g/mol. The van der Waals surface area contributed by atoms with Gasteiger partial charge in [0.2, 0.25) is 5.91 Å². The van der Waals surface area contributed by atoms with Crippen molar-refractivity contribution >= 4 is 28.0 Å². The van der Waals surface area contributed by atoms with Crippen molar-refractivity contribution in [2.24, 2.45) is 4.99 Å². The Hall–Kier alpha value is -2.40. The molecule has 4 nitrogen and oxygen atoms in total. The van der Waals surface area contributed by atoms with Gasteiger partial charge in [-0.15, -0.1) is 17.9 Å². The molecule has 0 atom stereocenters. The van der Waals surface area contributed by atoms with Gasteiger partial charge in [-0.3, -0.25) is 14.7 Å². The third-order valence-corrected chi connectivity index (χ3v) is 6.30. The van der Waals surface area contributed by atoms with E-state index in [9.17, 15) is 4.79 Å². The number of methoxy groups -OCH3 is 1. The van der Waals surface area contributed by atoms with Gasteiger partial charge in [0.1, 0.15) is 17.3 Å². The predicted molar refractivity (Wildman–Crippen MR) is 107 cm³/mol. The highest BCUT2D eigenvalue weighted by molar-refractivity contribution is 7.17. The third-order valence-electron chi connectivity index (χ3n) is 4.98. The lowest BCUT2D eigenvalue weighted by atomic mass is 9.91. The number of carbonyl (C=O) groups is 1. The van der Waals surface area contributed by atoms with Crippen LogP contribution in [0.25, 0.3) is 0 Å². The number of hydrogen-bond donors (Lipinski definition) is 0. The van der Waals surface area contributed by atoms with Gasteiger partial charge in [-0.1, -0.05) is 6.08 Å². The van der Waals surface area contributed by atoms with Crippen LogP contribution in [0.3, 0.4) is 0 Å². The molecule has 0 saturated carbocycles. The van der Waals surface area contributed by atoms with Crippen molar-refractivity contribution in [2.75, 3.05) is 25.1 Å². The average Bonchev–Trinajstić information content (AvgIpc) is 2.99. The van der Waals surface area contributed by atoms with E-state index in [1.54, 1.807) is 24.5 Å². The van der Waals surface area contributed by atoms with Crippen molar-refractivity contribution in [3.63, 3.8) is 0 Å². The van der Waals surface area contributed by atoms with Crippen LogP contribution in [0.2, 0.25) is 0 Å². The molecule has 2 aliphatic rings. The van der Waals surface area contributed by atoms with Crippen LogP contribution >= 0.6 is 11.3 Å². The molecule has 2 aromatic rings. The van der Waals surface area contributed by atoms with Crippen LogP contribution < -0.4 is 9.64 Å². The molecular weight excluding hydrogens is 344 g/mol. The Morgan fingerprint density at radius 2 is 2.04 bits per heavy atom. The first-order valence-electron chi connectivity index (χ1n) is 8.98. The standard InChI is InChI=1S/C21H22N2O2S/c1-3-12-23-18(24)13-22-20(14-8-10-15(25-2)11-9-14)19-16-6-4-5-7-17(16)26-21(19)23/h3,8-11H,1,4-7,12-13H2,2H3. The van der Waals surface area contributed by atoms with Gasteiger partial charge >= 0.3 is 0 Å². The number of thiophene rings is 1. The summed E-state index contributed by atoms with van der Waals surface area (Å²) < 4.78 is 5.28. The summed E-state index contributed by atoms with van der Waals surface area (Å²) in [5, 5.41) is 1.04. The van der Waals surface area contributed by atoms with E-state index in [2.05, 4.69) is 6.58 Å². The zero-order valence-corrected chi connectivity index (χ0v) is 15.8. The molecule has 1 aromatic carbocycles. The molecule has 5 heteroatoms. The highest BCUT2D eigenvalue weighted by atomic mass is 32.1. The maximum Gasteiger partial charge on any atom is 0.249 e. The molecule has 134 valence electrons. The Morgan fingerprint density at radius 3 is 2.77 bits per heavy atom. The van der Waals surface area contributed by atoms with Crippen molar-refractivity contribution in [3.8, 4) is 5.75 Å². The van der Waals surface area contributed by atoms with E-state index in [-0.39, 0.29) is 12.5 Å². The number of aliphatic imine (C=N–C) groups is 1. The molecule has 0 radical (unpaired) electrons. The Kier molecular flexibility index (Phi) is 4.64. The molecule has 0 unspecified atom stereocenters. The number of anilines is 1. The molecule has 2 heterocycles. The van der Waals surface area contributed by atoms with E-state index in [0.29, 0.717) is 6.54 Å². The summed E-state index contributed by atoms with van der Waals surface area (Å²) in [6, 6.07) is 7.96. The van der Waals surface area contributed by atoms with E-state index in [0.717, 1.165) is 40.4 Å². The van der Waals surface area contributed by atoms with Crippen molar-refractivity contribution < 1.29 is 9.53 Å². The van der Waals surface area contributed by atoms with Gasteiger partial charge in [0.05, 0.1) is 12.8 Å². The molecule has 0 fully saturated rings. The molecule has 0 spiro atoms. The monoisotopic (exact) mass is 366 g/mol. The maximum absolute atomic E-state index is 12.7. The summed E-state index contributed by atoms with van der Waals surface area (Å²) >= 11 is 1.76. The second-order valence-corrected chi connectivity index (χ2v) is 7.66. The molecule has 1 aliphatic heterocycles. The minimum Gasteiger partial charge on any atom is -0.497 e. The summed E-state index contributed by atoms with van der Waals surface area (Å²) in [4.78, 5) is 20.7. The number of fused-ring (bicyclic) bond motifs is 3. The van der Waals surface area contributed by atoms with E-state index in [1.165, 1.54) is 23.3 Å². The first kappa shape index (κ1) is 17.0. The molecule has 4 rings (SSSR count). The van der Waals surface area contributed by atoms with Gasteiger partial charge in [-0.25, -0.2) is 0 Å². The van der Waals surface area contributed by atoms with Crippen LogP contribution in [0.4, 0.5) is 5.00 Å². The number of rotatable bonds is 4. The minimum absolute atomic E-state index is 0.0354. The van der Waals surface area contributed by atoms with Crippen LogP contribution in [0.5, 0.6) is 5.75 Å². The fraction of sp³-hybridized carbons (Fsp3) is 0.333. The molecule has 1 amide bonds. The molecule has 1 aliphatic carbocycles. The first-order chi connectivity index (χ1) is 12.7. The highest BCUT2D eigenvalue weighted by Gasteiger charge is 2.31. The van der Waals surface area contributed by atoms with E-state index in [4.69, 9.17) is 9.73 Å². The summed E-state index contributed by atoms with van der Waals surface area (Å²) in [6.45, 7) is 4.53. The topological polar surface area (TPSA) is 41.9 Å². The normalized spacial score (nSPS) is 16.4. The number of benzene rings is 1. The fourth-order valence-corrected chi connectivity index (χ4v) is 5.12. The lowest BCUT2D eigenvalue weighted by Crippen LogP contribution is -2.31. The van der Waals surface area contributed by atoms with Gasteiger partial charge in [-0.2, -0.15) is 0 Å². The summed E-state index contributed by atoms with van der Waals surface area (Å²) in [7, 11) is 1.66. The summed E-state index contributed by atoms with van der Waals surface area (Å²) in [5.74, 6) is 0.855. The highest BCUT2D eigenvalue weighted by Crippen LogP contribution is 2.42. The maximum atomic E-state index is 12.7. The van der Waals surface area contributed by atoms with E-state index in [1.807, 2.05) is 29.2 Å². The fourth-order valence-electron chi connectivity index (χ4n) is 3.71. The number of ether oxygens (including phenoxy) is 1. The third kappa shape index (κ3) is 2.86. The zero-order chi connectivity index (χ0) is 18.1. The second-order valence-electron chi connectivity index (χ2n) is 6.58. The Labute approximate surface area is 157 Å². The minimum atomic E-state index is 0.0354. The van der Waals surface area contributed by atoms with Crippen molar-refractivity contribution in [3.05, 3.63) is 58.5 Å². The van der Waals surface area contributed by atoms with Gasteiger partial charge in [0, 0.05) is 22.5 Å². The quantitative estimate of drug-likeness (QED) is 0.768. The SMILES string of the molecule is C=CCN1C(=O)CN=C(c2ccc(OC)cc2)c2c1sc1c2CCCC1. The molecule has 0 bridgehead atoms. The van der Waals surface area contributed by atoms with Gasteiger partial charge in [-0.05, 0) is 55.5 Å². The molecule has 1 aromatic heterocycles. The van der Waals surface area contributed by atoms with Gasteiger partial charge in [0.15, 0.2) is 0 Å². The lowest BCUT2D eigenvalue weighted by Gasteiger charge is -2.19. The number of carbonyl (C=O) groups excluding carboxylic acids is 1. The lowest BCUT2D eigenvalue weighted by molar-refractivity contribution is -0.117. The second kappa shape index (κ2) is 7.08. The van der Waals surface area contributed by atoms with Crippen molar-refractivity contribution in [2.45, 2.75) is 25.7 Å². The zero-order valence-electron chi connectivity index (χ0n) is 15.0. The van der Waals surface area contributed by atoms with Crippen LogP contribution in [0, 0.1) is 0 Å². The largest absolute Gasteiger partial charge is 0.497 e. The van der Waals surface area contributed by atoms with Crippen LogP contribution in [-0.4, -0.2) is 31.8 Å². The summed E-state index contributed by atoms with van der Waals surface area (Å²) in [5.41, 5.74) is 4.51. The smallest absolute Gasteiger partial charge is 0.249 e. The van der Waals surface area contributed by atoms with Crippen molar-refractivity contribution in [1.82, 2.24) is 0 Å².